The number of carbonyl (C=O) groups excluding carboxylic acids is 1. The Kier molecular flexibility index (Phi) is 6.38. The van der Waals surface area contributed by atoms with Crippen LogP contribution in [0.2, 0.25) is 0 Å². The molecule has 0 spiro atoms. The van der Waals surface area contributed by atoms with E-state index < -0.39 is 17.5 Å². The van der Waals surface area contributed by atoms with E-state index in [-0.39, 0.29) is 11.4 Å². The van der Waals surface area contributed by atoms with Crippen molar-refractivity contribution in [2.24, 2.45) is 0 Å². The lowest BCUT2D eigenvalue weighted by Gasteiger charge is -2.11. The van der Waals surface area contributed by atoms with Gasteiger partial charge in [-0.2, -0.15) is 0 Å². The molecule has 2 heterocycles. The van der Waals surface area contributed by atoms with Gasteiger partial charge >= 0.3 is 0 Å². The minimum atomic E-state index is -0.838. The number of thioether (sulfide) groups is 1. The largest absolute Gasteiger partial charge is 0.323 e. The Morgan fingerprint density at radius 3 is 2.61 bits per heavy atom. The fourth-order valence-corrected chi connectivity index (χ4v) is 3.79. The number of aromatic nitrogens is 4. The number of halogens is 3. The van der Waals surface area contributed by atoms with Gasteiger partial charge in [-0.05, 0) is 48.5 Å². The van der Waals surface area contributed by atoms with E-state index in [1.54, 1.807) is 18.5 Å². The number of hydrogen-bond donors (Lipinski definition) is 1. The molecule has 0 aliphatic heterocycles. The number of nitrogens with zero attached hydrogens (tertiary/aromatic N) is 4. The maximum Gasteiger partial charge on any atom is 0.234 e. The van der Waals surface area contributed by atoms with Crippen molar-refractivity contribution in [2.75, 3.05) is 11.1 Å². The van der Waals surface area contributed by atoms with Gasteiger partial charge in [-0.15, -0.1) is 10.2 Å². The first kappa shape index (κ1) is 21.1. The highest BCUT2D eigenvalue weighted by molar-refractivity contribution is 9.10. The summed E-state index contributed by atoms with van der Waals surface area (Å²) in [5, 5.41) is 11.4. The minimum Gasteiger partial charge on any atom is -0.323 e. The van der Waals surface area contributed by atoms with Crippen molar-refractivity contribution < 1.29 is 13.6 Å². The highest BCUT2D eigenvalue weighted by Gasteiger charge is 2.18. The van der Waals surface area contributed by atoms with E-state index in [2.05, 4.69) is 36.4 Å². The molecule has 0 aliphatic carbocycles. The molecule has 0 unspecified atom stereocenters. The van der Waals surface area contributed by atoms with E-state index in [0.29, 0.717) is 17.0 Å². The Hall–Kier alpha value is -3.11. The quantitative estimate of drug-likeness (QED) is 0.372. The van der Waals surface area contributed by atoms with Gasteiger partial charge in [-0.3, -0.25) is 14.3 Å². The summed E-state index contributed by atoms with van der Waals surface area (Å²) in [7, 11) is 0. The number of anilines is 1. The van der Waals surface area contributed by atoms with Crippen LogP contribution in [0.1, 0.15) is 0 Å². The predicted octanol–water partition coefficient (Wildman–Crippen LogP) is 5.10. The normalized spacial score (nSPS) is 10.8. The number of pyridine rings is 1. The van der Waals surface area contributed by atoms with Crippen molar-refractivity contribution in [3.05, 3.63) is 83.1 Å². The zero-order chi connectivity index (χ0) is 21.8. The van der Waals surface area contributed by atoms with Crippen LogP contribution in [-0.2, 0) is 4.79 Å². The molecule has 0 aliphatic rings. The number of rotatable bonds is 6. The molecule has 156 valence electrons. The average Bonchev–Trinajstić information content (AvgIpc) is 3.19. The molecule has 4 aromatic rings. The van der Waals surface area contributed by atoms with Crippen LogP contribution in [-0.4, -0.2) is 31.4 Å². The monoisotopic (exact) mass is 501 g/mol. The lowest BCUT2D eigenvalue weighted by atomic mass is 10.2. The van der Waals surface area contributed by atoms with Crippen LogP contribution in [0.15, 0.2) is 76.6 Å². The van der Waals surface area contributed by atoms with Gasteiger partial charge in [-0.25, -0.2) is 8.78 Å². The molecule has 0 saturated heterocycles. The fourth-order valence-electron chi connectivity index (χ4n) is 2.78. The third-order valence-electron chi connectivity index (χ3n) is 4.18. The van der Waals surface area contributed by atoms with Gasteiger partial charge < -0.3 is 5.32 Å². The summed E-state index contributed by atoms with van der Waals surface area (Å²) in [6, 6.07) is 14.2. The first-order valence-corrected chi connectivity index (χ1v) is 10.8. The van der Waals surface area contributed by atoms with Crippen LogP contribution < -0.4 is 5.32 Å². The van der Waals surface area contributed by atoms with E-state index in [1.165, 1.54) is 6.07 Å². The molecule has 0 radical (unpaired) electrons. The summed E-state index contributed by atoms with van der Waals surface area (Å²) < 4.78 is 29.6. The molecular weight excluding hydrogens is 488 g/mol. The van der Waals surface area contributed by atoms with Crippen LogP contribution >= 0.6 is 27.7 Å². The van der Waals surface area contributed by atoms with Crippen LogP contribution in [0.25, 0.3) is 17.1 Å². The molecule has 2 aromatic carbocycles. The summed E-state index contributed by atoms with van der Waals surface area (Å²) >= 11 is 4.57. The fraction of sp³-hybridized carbons (Fsp3) is 0.0476. The first-order chi connectivity index (χ1) is 15.0. The van der Waals surface area contributed by atoms with Gasteiger partial charge in [0.1, 0.15) is 11.6 Å². The van der Waals surface area contributed by atoms with Gasteiger partial charge in [0.05, 0.1) is 11.4 Å². The van der Waals surface area contributed by atoms with E-state index in [4.69, 9.17) is 0 Å². The molecule has 0 fully saturated rings. The van der Waals surface area contributed by atoms with E-state index in [9.17, 15) is 13.6 Å². The molecule has 31 heavy (non-hydrogen) atoms. The Morgan fingerprint density at radius 2 is 1.90 bits per heavy atom. The minimum absolute atomic E-state index is 0.0431. The van der Waals surface area contributed by atoms with Gasteiger partial charge in [0.2, 0.25) is 5.91 Å². The summed E-state index contributed by atoms with van der Waals surface area (Å²) in [5.74, 6) is -1.48. The standard InChI is InChI=1S/C21H14BrF2N5OS/c22-14-3-6-16(7-4-14)29-20(13-2-1-9-25-11-13)27-28-21(29)31-12-19(30)26-18-8-5-15(23)10-17(18)24/h1-11H,12H2,(H,26,30). The van der Waals surface area contributed by atoms with Crippen LogP contribution in [0.5, 0.6) is 0 Å². The summed E-state index contributed by atoms with van der Waals surface area (Å²) in [6.45, 7) is 0. The van der Waals surface area contributed by atoms with Crippen molar-refractivity contribution >= 4 is 39.3 Å². The molecular formula is C21H14BrF2N5OS. The second-order valence-electron chi connectivity index (χ2n) is 6.32. The number of nitrogens with one attached hydrogen (secondary N) is 1. The lowest BCUT2D eigenvalue weighted by Crippen LogP contribution is -2.15. The first-order valence-electron chi connectivity index (χ1n) is 9.01. The van der Waals surface area contributed by atoms with Crippen LogP contribution in [0.4, 0.5) is 14.5 Å². The van der Waals surface area contributed by atoms with Crippen molar-refractivity contribution in [2.45, 2.75) is 5.16 Å². The second-order valence-corrected chi connectivity index (χ2v) is 8.18. The Labute approximate surface area is 188 Å². The number of amides is 1. The van der Waals surface area contributed by atoms with Crippen molar-refractivity contribution in [1.29, 1.82) is 0 Å². The smallest absolute Gasteiger partial charge is 0.234 e. The second kappa shape index (κ2) is 9.36. The molecule has 1 amide bonds. The van der Waals surface area contributed by atoms with E-state index in [1.807, 2.05) is 34.9 Å². The summed E-state index contributed by atoms with van der Waals surface area (Å²) in [4.78, 5) is 16.5. The average molecular weight is 502 g/mol. The van der Waals surface area contributed by atoms with Crippen LogP contribution in [0.3, 0.4) is 0 Å². The maximum atomic E-state index is 13.8. The van der Waals surface area contributed by atoms with Crippen molar-refractivity contribution in [3.63, 3.8) is 0 Å². The third-order valence-corrected chi connectivity index (χ3v) is 5.63. The van der Waals surface area contributed by atoms with Gasteiger partial charge in [-0.1, -0.05) is 27.7 Å². The number of benzene rings is 2. The van der Waals surface area contributed by atoms with Gasteiger partial charge in [0, 0.05) is 34.2 Å². The van der Waals surface area contributed by atoms with Crippen molar-refractivity contribution in [3.8, 4) is 17.1 Å². The molecule has 1 N–H and O–H groups in total. The molecule has 4 rings (SSSR count). The topological polar surface area (TPSA) is 72.7 Å². The Balaban J connectivity index is 1.58. The highest BCUT2D eigenvalue weighted by atomic mass is 79.9. The van der Waals surface area contributed by atoms with Crippen LogP contribution in [0, 0.1) is 11.6 Å². The highest BCUT2D eigenvalue weighted by Crippen LogP contribution is 2.28. The van der Waals surface area contributed by atoms with Crippen molar-refractivity contribution in [1.82, 2.24) is 19.7 Å². The molecule has 0 saturated carbocycles. The Bertz CT molecular complexity index is 1220. The molecule has 2 aromatic heterocycles. The molecule has 0 atom stereocenters. The molecule has 10 heteroatoms. The van der Waals surface area contributed by atoms with E-state index >= 15 is 0 Å². The molecule has 0 bridgehead atoms. The third kappa shape index (κ3) is 4.97. The number of carbonyl (C=O) groups is 1. The van der Waals surface area contributed by atoms with Gasteiger partial charge in [0.15, 0.2) is 11.0 Å². The maximum absolute atomic E-state index is 13.8. The number of hydrogen-bond acceptors (Lipinski definition) is 5. The predicted molar refractivity (Wildman–Crippen MR) is 118 cm³/mol. The van der Waals surface area contributed by atoms with E-state index in [0.717, 1.165) is 33.6 Å². The molecule has 6 nitrogen and oxygen atoms in total. The zero-order valence-electron chi connectivity index (χ0n) is 15.8. The Morgan fingerprint density at radius 1 is 1.10 bits per heavy atom. The summed E-state index contributed by atoms with van der Waals surface area (Å²) in [5.41, 5.74) is 1.49. The zero-order valence-corrected chi connectivity index (χ0v) is 18.2. The lowest BCUT2D eigenvalue weighted by molar-refractivity contribution is -0.113. The SMILES string of the molecule is O=C(CSc1nnc(-c2cccnc2)n1-c1ccc(Br)cc1)Nc1ccc(F)cc1F. The van der Waals surface area contributed by atoms with Gasteiger partial charge in [0.25, 0.3) is 0 Å². The summed E-state index contributed by atoms with van der Waals surface area (Å²) in [6.07, 6.45) is 3.34.